The highest BCUT2D eigenvalue weighted by atomic mass is 16.6. The third kappa shape index (κ3) is 27.2. The first-order chi connectivity index (χ1) is 22.5. The quantitative estimate of drug-likeness (QED) is 0.0339. The van der Waals surface area contributed by atoms with E-state index < -0.39 is 6.10 Å². The molecule has 0 bridgehead atoms. The minimum atomic E-state index is -0.987. The van der Waals surface area contributed by atoms with Gasteiger partial charge in [-0.25, -0.2) is 0 Å². The van der Waals surface area contributed by atoms with Gasteiger partial charge in [-0.15, -0.1) is 0 Å². The smallest absolute Gasteiger partial charge is 0.305 e. The molecule has 1 heterocycles. The maximum atomic E-state index is 11.9. The topological polar surface area (TPSA) is 85.4 Å². The molecule has 46 heavy (non-hydrogen) atoms. The molecule has 0 aliphatic carbocycles. The van der Waals surface area contributed by atoms with E-state index in [9.17, 15) is 14.7 Å². The van der Waals surface area contributed by atoms with E-state index in [1.807, 2.05) is 0 Å². The molecule has 1 aliphatic heterocycles. The van der Waals surface area contributed by atoms with Gasteiger partial charge in [0.15, 0.2) is 0 Å². The van der Waals surface area contributed by atoms with Gasteiger partial charge in [0.05, 0.1) is 12.2 Å². The van der Waals surface area contributed by atoms with Crippen molar-refractivity contribution in [2.24, 2.45) is 5.92 Å². The summed E-state index contributed by atoms with van der Waals surface area (Å²) in [5, 5.41) is 9.99. The molecule has 0 spiro atoms. The van der Waals surface area contributed by atoms with E-state index in [2.05, 4.69) is 57.2 Å². The number of rotatable bonds is 32. The first kappa shape index (κ1) is 42.1. The lowest BCUT2D eigenvalue weighted by Gasteiger charge is -2.12. The Balaban J connectivity index is 1.86. The van der Waals surface area contributed by atoms with Crippen LogP contribution in [0.5, 0.6) is 0 Å². The normalized spacial score (nSPS) is 17.7. The predicted molar refractivity (Wildman–Crippen MR) is 191 cm³/mol. The van der Waals surface area contributed by atoms with Crippen molar-refractivity contribution in [2.75, 3.05) is 13.2 Å². The highest BCUT2D eigenvalue weighted by molar-refractivity contribution is 5.69. The molecule has 266 valence electrons. The van der Waals surface area contributed by atoms with Gasteiger partial charge in [-0.3, -0.25) is 9.59 Å². The van der Waals surface area contributed by atoms with E-state index in [1.165, 1.54) is 83.5 Å². The highest BCUT2D eigenvalue weighted by Gasteiger charge is 2.36. The molecule has 1 rings (SSSR count). The van der Waals surface area contributed by atoms with Gasteiger partial charge in [-0.05, 0) is 50.9 Å². The van der Waals surface area contributed by atoms with Gasteiger partial charge in [-0.1, -0.05) is 147 Å². The fourth-order valence-electron chi connectivity index (χ4n) is 5.44. The number of allylic oxidation sites excluding steroid dienone is 5. The van der Waals surface area contributed by atoms with Crippen LogP contribution in [-0.2, 0) is 23.8 Å². The Bertz CT molecular complexity index is 819. The van der Waals surface area contributed by atoms with Gasteiger partial charge < -0.3 is 19.3 Å². The molecule has 0 amide bonds. The molecule has 6 heteroatoms. The van der Waals surface area contributed by atoms with Gasteiger partial charge in [0, 0.05) is 12.8 Å². The minimum Gasteiger partial charge on any atom is -0.463 e. The molecule has 1 saturated heterocycles. The summed E-state index contributed by atoms with van der Waals surface area (Å²) >= 11 is 0. The molecule has 6 nitrogen and oxygen atoms in total. The Morgan fingerprint density at radius 1 is 0.674 bits per heavy atom. The molecule has 0 aromatic rings. The van der Waals surface area contributed by atoms with E-state index in [-0.39, 0.29) is 25.2 Å². The first-order valence-electron chi connectivity index (χ1n) is 19.1. The fraction of sp³-hybridized carbons (Fsp3) is 0.800. The average molecular weight is 647 g/mol. The second-order valence-electron chi connectivity index (χ2n) is 13.3. The van der Waals surface area contributed by atoms with Crippen LogP contribution in [0.1, 0.15) is 168 Å². The second-order valence-corrected chi connectivity index (χ2v) is 13.3. The lowest BCUT2D eigenvalue weighted by Crippen LogP contribution is -2.25. The monoisotopic (exact) mass is 647 g/mol. The van der Waals surface area contributed by atoms with Gasteiger partial charge in [0.2, 0.25) is 0 Å². The van der Waals surface area contributed by atoms with E-state index in [0.717, 1.165) is 50.9 Å². The number of unbranched alkanes of at least 4 members (excludes halogenated alkanes) is 12. The van der Waals surface area contributed by atoms with Crippen LogP contribution in [0.4, 0.5) is 0 Å². The van der Waals surface area contributed by atoms with Crippen molar-refractivity contribution >= 4 is 11.9 Å². The van der Waals surface area contributed by atoms with Crippen LogP contribution in [0.3, 0.4) is 0 Å². The second kappa shape index (κ2) is 30.4. The molecule has 1 aliphatic rings. The van der Waals surface area contributed by atoms with Crippen LogP contribution >= 0.6 is 0 Å². The Labute approximate surface area is 282 Å². The van der Waals surface area contributed by atoms with Crippen LogP contribution in [0.2, 0.25) is 0 Å². The number of aliphatic hydroxyl groups is 1. The molecular weight excluding hydrogens is 576 g/mol. The maximum absolute atomic E-state index is 11.9. The number of ether oxygens (including phenoxy) is 3. The third-order valence-corrected chi connectivity index (χ3v) is 8.84. The summed E-state index contributed by atoms with van der Waals surface area (Å²) in [6.45, 7) is 6.57. The van der Waals surface area contributed by atoms with Gasteiger partial charge in [0.1, 0.15) is 19.3 Å². The fourth-order valence-corrected chi connectivity index (χ4v) is 5.44. The van der Waals surface area contributed by atoms with E-state index in [4.69, 9.17) is 14.2 Å². The van der Waals surface area contributed by atoms with Crippen molar-refractivity contribution in [1.29, 1.82) is 0 Å². The van der Waals surface area contributed by atoms with Crippen LogP contribution in [0.15, 0.2) is 36.5 Å². The predicted octanol–water partition coefficient (Wildman–Crippen LogP) is 10.5. The highest BCUT2D eigenvalue weighted by Crippen LogP contribution is 2.30. The molecule has 0 radical (unpaired) electrons. The van der Waals surface area contributed by atoms with Crippen molar-refractivity contribution in [3.63, 3.8) is 0 Å². The number of carbonyl (C=O) groups is 2. The van der Waals surface area contributed by atoms with Gasteiger partial charge in [0.25, 0.3) is 0 Å². The van der Waals surface area contributed by atoms with Crippen molar-refractivity contribution in [1.82, 2.24) is 0 Å². The average Bonchev–Trinajstić information content (AvgIpc) is 3.81. The molecule has 0 aromatic heterocycles. The number of hydrogen-bond donors (Lipinski definition) is 1. The van der Waals surface area contributed by atoms with Crippen LogP contribution in [0, 0.1) is 5.92 Å². The minimum absolute atomic E-state index is 0.135. The Kier molecular flexibility index (Phi) is 27.8. The number of epoxide rings is 1. The van der Waals surface area contributed by atoms with Crippen LogP contribution in [-0.4, -0.2) is 48.6 Å². The SMILES string of the molecule is CCCCCC1OC1C/C=C\C/C=C\C/C=C\CCCC(=O)OC[C@@H](O)COC(=O)CCCCCCCCCCCCC(C)CC. The number of esters is 2. The molecule has 0 aromatic carbocycles. The maximum Gasteiger partial charge on any atom is 0.305 e. The Morgan fingerprint density at radius 2 is 1.22 bits per heavy atom. The summed E-state index contributed by atoms with van der Waals surface area (Å²) in [4.78, 5) is 23.9. The lowest BCUT2D eigenvalue weighted by atomic mass is 9.99. The molecule has 3 unspecified atom stereocenters. The van der Waals surface area contributed by atoms with Crippen molar-refractivity contribution in [3.05, 3.63) is 36.5 Å². The van der Waals surface area contributed by atoms with Crippen molar-refractivity contribution in [2.45, 2.75) is 187 Å². The standard InChI is InChI=1S/C40H70O6/c1-4-6-23-29-37-38(46-37)30-25-20-16-12-8-10-14-18-22-27-32-40(43)45-34-36(41)33-44-39(42)31-26-21-17-13-9-7-11-15-19-24-28-35(3)5-2/h8,12,14,18,20,25,35-38,41H,4-7,9-11,13,15-17,19,21-24,26-34H2,1-3H3/b12-8-,18-14-,25-20-/t35?,36-,37?,38?/m0/s1. The number of carbonyl (C=O) groups excluding carboxylic acids is 2. The summed E-state index contributed by atoms with van der Waals surface area (Å²) in [6.07, 6.45) is 38.0. The molecule has 4 atom stereocenters. The van der Waals surface area contributed by atoms with Crippen LogP contribution < -0.4 is 0 Å². The number of hydrogen-bond acceptors (Lipinski definition) is 6. The summed E-state index contributed by atoms with van der Waals surface area (Å²) in [7, 11) is 0. The summed E-state index contributed by atoms with van der Waals surface area (Å²) in [6, 6.07) is 0. The van der Waals surface area contributed by atoms with Gasteiger partial charge >= 0.3 is 11.9 Å². The van der Waals surface area contributed by atoms with E-state index >= 15 is 0 Å². The van der Waals surface area contributed by atoms with Gasteiger partial charge in [-0.2, -0.15) is 0 Å². The lowest BCUT2D eigenvalue weighted by molar-refractivity contribution is -0.152. The Hall–Kier alpha value is -1.92. The summed E-state index contributed by atoms with van der Waals surface area (Å²) in [5.74, 6) is 0.241. The largest absolute Gasteiger partial charge is 0.463 e. The Morgan fingerprint density at radius 3 is 1.83 bits per heavy atom. The summed E-state index contributed by atoms with van der Waals surface area (Å²) < 4.78 is 16.0. The van der Waals surface area contributed by atoms with E-state index in [1.54, 1.807) is 0 Å². The zero-order chi connectivity index (χ0) is 33.5. The molecule has 0 saturated carbocycles. The van der Waals surface area contributed by atoms with E-state index in [0.29, 0.717) is 31.5 Å². The molecule has 1 fully saturated rings. The molecular formula is C40H70O6. The van der Waals surface area contributed by atoms with Crippen LogP contribution in [0.25, 0.3) is 0 Å². The van der Waals surface area contributed by atoms with Crippen molar-refractivity contribution < 1.29 is 28.9 Å². The third-order valence-electron chi connectivity index (χ3n) is 8.84. The van der Waals surface area contributed by atoms with Crippen molar-refractivity contribution in [3.8, 4) is 0 Å². The first-order valence-corrected chi connectivity index (χ1v) is 19.1. The zero-order valence-corrected chi connectivity index (χ0v) is 29.9. The number of aliphatic hydroxyl groups excluding tert-OH is 1. The molecule has 1 N–H and O–H groups in total. The summed E-state index contributed by atoms with van der Waals surface area (Å²) in [5.41, 5.74) is 0. The zero-order valence-electron chi connectivity index (χ0n) is 29.9.